The number of anilines is 2. The maximum atomic E-state index is 12.3. The number of azo groups is 2. The van der Waals surface area contributed by atoms with E-state index >= 15 is 0 Å². The van der Waals surface area contributed by atoms with Crippen LogP contribution in [0.1, 0.15) is 6.92 Å². The number of benzene rings is 4. The number of methoxy groups -OCH3 is 2. The summed E-state index contributed by atoms with van der Waals surface area (Å²) in [5, 5.41) is 38.0. The number of nitrogen functional groups attached to an aromatic ring is 1. The molecule has 49 heavy (non-hydrogen) atoms. The number of nitrogens with two attached hydrogens (primary N) is 1. The lowest BCUT2D eigenvalue weighted by Crippen LogP contribution is -2.07. The number of ether oxygens (including phenoxy) is 2. The van der Waals surface area contributed by atoms with Crippen LogP contribution in [0.25, 0.3) is 10.8 Å². The maximum absolute atomic E-state index is 12.3. The fraction of sp³-hybridized carbons (Fsp3) is 0.115. The summed E-state index contributed by atoms with van der Waals surface area (Å²) in [5.41, 5.74) is 3.03. The largest absolute Gasteiger partial charge is 0.505 e. The number of carbonyl (C=O) groups is 1. The minimum absolute atomic E-state index is 0.00782. The predicted molar refractivity (Wildman–Crippen MR) is 170 cm³/mol. The Labute approximate surface area is 276 Å². The van der Waals surface area contributed by atoms with Gasteiger partial charge in [-0.05, 0) is 35.7 Å². The molecule has 0 heterocycles. The Morgan fingerprint density at radius 1 is 0.694 bits per heavy atom. The number of aromatic hydroxyl groups is 2. The van der Waals surface area contributed by atoms with Crippen LogP contribution in [0.2, 0.25) is 0 Å². The highest BCUT2D eigenvalue weighted by Crippen LogP contribution is 2.50. The van der Waals surface area contributed by atoms with Gasteiger partial charge >= 0.3 is 0 Å². The first kappa shape index (κ1) is 36.4. The second-order valence-electron chi connectivity index (χ2n) is 9.70. The number of hydrogen-bond acceptors (Lipinski definition) is 16. The molecule has 0 spiro atoms. The van der Waals surface area contributed by atoms with Crippen molar-refractivity contribution >= 4 is 81.2 Å². The van der Waals surface area contributed by atoms with Crippen molar-refractivity contribution in [1.82, 2.24) is 0 Å². The Morgan fingerprint density at radius 3 is 1.63 bits per heavy atom. The molecule has 1 amide bonds. The van der Waals surface area contributed by atoms with Crippen LogP contribution in [0.15, 0.2) is 77.6 Å². The van der Waals surface area contributed by atoms with Gasteiger partial charge < -0.3 is 30.7 Å². The van der Waals surface area contributed by atoms with Crippen molar-refractivity contribution in [2.75, 3.05) is 25.3 Å². The lowest BCUT2D eigenvalue weighted by Gasteiger charge is -2.13. The number of nitrogens with one attached hydrogen (secondary N) is 1. The lowest BCUT2D eigenvalue weighted by atomic mass is 10.1. The van der Waals surface area contributed by atoms with E-state index < -0.39 is 90.3 Å². The Hall–Kier alpha value is -5.46. The molecule has 0 aliphatic rings. The fourth-order valence-corrected chi connectivity index (χ4v) is 6.29. The van der Waals surface area contributed by atoms with Crippen LogP contribution in [0.3, 0.4) is 0 Å². The molecule has 20 nitrogen and oxygen atoms in total. The maximum Gasteiger partial charge on any atom is 0.296 e. The molecule has 4 rings (SSSR count). The lowest BCUT2D eigenvalue weighted by molar-refractivity contribution is -0.114. The van der Waals surface area contributed by atoms with Gasteiger partial charge in [0.05, 0.1) is 25.3 Å². The fourth-order valence-electron chi connectivity index (χ4n) is 4.32. The second-order valence-corrected chi connectivity index (χ2v) is 13.9. The Kier molecular flexibility index (Phi) is 9.81. The normalized spacial score (nSPS) is 12.5. The predicted octanol–water partition coefficient (Wildman–Crippen LogP) is 4.38. The molecule has 0 unspecified atom stereocenters. The van der Waals surface area contributed by atoms with E-state index in [4.69, 9.17) is 15.2 Å². The number of amides is 1. The third-order valence-electron chi connectivity index (χ3n) is 6.41. The van der Waals surface area contributed by atoms with Gasteiger partial charge in [0.25, 0.3) is 30.4 Å². The molecule has 0 bridgehead atoms. The van der Waals surface area contributed by atoms with Crippen LogP contribution in [-0.2, 0) is 35.1 Å². The van der Waals surface area contributed by atoms with Gasteiger partial charge in [0, 0.05) is 24.7 Å². The molecule has 0 saturated heterocycles. The van der Waals surface area contributed by atoms with Crippen LogP contribution in [-0.4, -0.2) is 69.3 Å². The average molecular weight is 741 g/mol. The number of phenols is 2. The van der Waals surface area contributed by atoms with Gasteiger partial charge in [-0.25, -0.2) is 0 Å². The van der Waals surface area contributed by atoms with Gasteiger partial charge in [-0.2, -0.15) is 25.3 Å². The summed E-state index contributed by atoms with van der Waals surface area (Å²) < 4.78 is 113. The third-order valence-corrected chi connectivity index (χ3v) is 9.03. The quantitative estimate of drug-likeness (QED) is 0.0674. The van der Waals surface area contributed by atoms with Gasteiger partial charge in [-0.3, -0.25) is 18.5 Å². The van der Waals surface area contributed by atoms with Gasteiger partial charge in [0.15, 0.2) is 11.5 Å². The van der Waals surface area contributed by atoms with Gasteiger partial charge in [-0.1, -0.05) is 0 Å². The zero-order valence-corrected chi connectivity index (χ0v) is 27.5. The summed E-state index contributed by atoms with van der Waals surface area (Å²) >= 11 is 0. The van der Waals surface area contributed by atoms with Crippen molar-refractivity contribution in [2.45, 2.75) is 21.6 Å². The van der Waals surface area contributed by atoms with E-state index in [1.807, 2.05) is 0 Å². The van der Waals surface area contributed by atoms with Crippen molar-refractivity contribution in [2.24, 2.45) is 20.5 Å². The summed E-state index contributed by atoms with van der Waals surface area (Å²) in [7, 11) is -13.1. The van der Waals surface area contributed by atoms with Crippen LogP contribution >= 0.6 is 0 Å². The molecule has 4 aromatic carbocycles. The Balaban J connectivity index is 2.03. The highest BCUT2D eigenvalue weighted by Gasteiger charge is 2.29. The molecule has 0 aromatic heterocycles. The zero-order chi connectivity index (χ0) is 36.6. The minimum Gasteiger partial charge on any atom is -0.505 e. The monoisotopic (exact) mass is 740 g/mol. The summed E-state index contributed by atoms with van der Waals surface area (Å²) in [6.07, 6.45) is 0. The van der Waals surface area contributed by atoms with Crippen LogP contribution in [0.4, 0.5) is 34.1 Å². The van der Waals surface area contributed by atoms with Crippen molar-refractivity contribution in [1.29, 1.82) is 0 Å². The highest BCUT2D eigenvalue weighted by molar-refractivity contribution is 7.86. The highest BCUT2D eigenvalue weighted by atomic mass is 32.2. The molecule has 0 fully saturated rings. The van der Waals surface area contributed by atoms with Crippen molar-refractivity contribution in [3.05, 3.63) is 42.5 Å². The first-order valence-corrected chi connectivity index (χ1v) is 17.2. The Morgan fingerprint density at radius 2 is 1.18 bits per heavy atom. The van der Waals surface area contributed by atoms with E-state index in [2.05, 4.69) is 25.8 Å². The van der Waals surface area contributed by atoms with E-state index in [1.165, 1.54) is 26.4 Å². The van der Waals surface area contributed by atoms with E-state index in [-0.39, 0.29) is 28.6 Å². The molecule has 4 aromatic rings. The minimum atomic E-state index is -5.35. The van der Waals surface area contributed by atoms with Crippen molar-refractivity contribution in [3.63, 3.8) is 0 Å². The summed E-state index contributed by atoms with van der Waals surface area (Å²) in [5.74, 6) is -2.96. The summed E-state index contributed by atoms with van der Waals surface area (Å²) in [6, 6.07) is 6.54. The Bertz CT molecular complexity index is 2430. The van der Waals surface area contributed by atoms with E-state index in [0.717, 1.165) is 25.1 Å². The molecular formula is C26H24N6O14S3. The van der Waals surface area contributed by atoms with E-state index in [1.54, 1.807) is 0 Å². The molecule has 0 aliphatic heterocycles. The number of hydrogen-bond donors (Lipinski definition) is 7. The topological polar surface area (TPSA) is 327 Å². The number of rotatable bonds is 10. The third kappa shape index (κ3) is 7.66. The number of fused-ring (bicyclic) bond motifs is 1. The van der Waals surface area contributed by atoms with Gasteiger partial charge in [0.2, 0.25) is 5.91 Å². The van der Waals surface area contributed by atoms with Crippen LogP contribution in [0.5, 0.6) is 23.0 Å². The molecule has 23 heteroatoms. The molecule has 0 aliphatic carbocycles. The molecular weight excluding hydrogens is 717 g/mol. The van der Waals surface area contributed by atoms with Crippen LogP contribution < -0.4 is 20.5 Å². The molecule has 0 atom stereocenters. The number of nitrogens with zero attached hydrogens (tertiary/aromatic N) is 4. The van der Waals surface area contributed by atoms with Gasteiger partial charge in [-0.15, -0.1) is 20.5 Å². The summed E-state index contributed by atoms with van der Waals surface area (Å²) in [6.45, 7) is 1.12. The average Bonchev–Trinajstić information content (AvgIpc) is 2.98. The van der Waals surface area contributed by atoms with E-state index in [0.29, 0.717) is 12.1 Å². The van der Waals surface area contributed by atoms with Crippen molar-refractivity contribution < 1.29 is 63.4 Å². The molecule has 260 valence electrons. The standard InChI is InChI=1S/C26H24N6O14S3/c1-11(33)28-13-4-5-15(19(8-13)47(36,37)38)29-31-23-20(48(39,40)41)6-12-7-21(49(42,43)44)24(26(35)22(12)25(23)34)32-30-16-10-17(45-2)14(27)9-18(16)46-3/h4-10,34-35H,27H2,1-3H3,(H,28,33)(H,36,37,38)(H,39,40,41)(H,42,43,44)/b31-29+,32-30+. The van der Waals surface area contributed by atoms with Crippen molar-refractivity contribution in [3.8, 4) is 23.0 Å². The van der Waals surface area contributed by atoms with Crippen LogP contribution in [0, 0.1) is 0 Å². The summed E-state index contributed by atoms with van der Waals surface area (Å²) in [4.78, 5) is 8.11. The van der Waals surface area contributed by atoms with E-state index in [9.17, 15) is 53.9 Å². The number of carbonyl (C=O) groups excluding carboxylic acids is 1. The molecule has 8 N–H and O–H groups in total. The molecule has 0 saturated carbocycles. The smallest absolute Gasteiger partial charge is 0.296 e. The second kappa shape index (κ2) is 13.2. The first-order valence-electron chi connectivity index (χ1n) is 12.9. The number of phenolic OH excluding ortho intramolecular Hbond substituents is 2. The zero-order valence-electron chi connectivity index (χ0n) is 25.0. The first-order chi connectivity index (χ1) is 22.7. The SMILES string of the molecule is COc1cc(/N=N/c2c(S(=O)(=O)O)cc3cc(S(=O)(=O)O)c(/N=N/c4ccc(NC(C)=O)cc4S(=O)(=O)O)c(O)c3c2O)c(OC)cc1N. The molecule has 0 radical (unpaired) electrons. The van der Waals surface area contributed by atoms with Gasteiger partial charge in [0.1, 0.15) is 48.9 Å².